The average Bonchev–Trinajstić information content (AvgIpc) is 3.11. The second-order valence-electron chi connectivity index (χ2n) is 5.48. The molecule has 94 valence electrons. The van der Waals surface area contributed by atoms with Crippen LogP contribution in [0.3, 0.4) is 0 Å². The molecular formula is C15H21FO. The Kier molecular flexibility index (Phi) is 3.70. The van der Waals surface area contributed by atoms with E-state index in [1.165, 1.54) is 18.9 Å². The van der Waals surface area contributed by atoms with Crippen LogP contribution in [-0.4, -0.2) is 6.61 Å². The topological polar surface area (TPSA) is 9.23 Å². The molecular weight excluding hydrogens is 215 g/mol. The number of hydrogen-bond acceptors (Lipinski definition) is 1. The predicted molar refractivity (Wildman–Crippen MR) is 67.9 cm³/mol. The molecule has 0 aliphatic heterocycles. The summed E-state index contributed by atoms with van der Waals surface area (Å²) in [7, 11) is 0. The van der Waals surface area contributed by atoms with Crippen molar-refractivity contribution < 1.29 is 9.13 Å². The molecule has 0 heterocycles. The van der Waals surface area contributed by atoms with Crippen LogP contribution in [-0.2, 0) is 0 Å². The Morgan fingerprint density at radius 1 is 1.29 bits per heavy atom. The largest absolute Gasteiger partial charge is 0.490 e. The molecule has 0 N–H and O–H groups in total. The molecule has 2 rings (SSSR count). The standard InChI is InChI=1S/C15H21FO/c1-10(2)11(3)13-6-7-14(16)15(8-13)17-9-12-4-5-12/h6-8,10-12H,4-5,9H2,1-3H3. The van der Waals surface area contributed by atoms with Gasteiger partial charge in [0.2, 0.25) is 0 Å². The highest BCUT2D eigenvalue weighted by atomic mass is 19.1. The highest BCUT2D eigenvalue weighted by Crippen LogP contribution is 2.32. The van der Waals surface area contributed by atoms with Crippen LogP contribution in [0.1, 0.15) is 45.1 Å². The van der Waals surface area contributed by atoms with Crippen LogP contribution in [0.4, 0.5) is 4.39 Å². The van der Waals surface area contributed by atoms with Crippen molar-refractivity contribution in [1.29, 1.82) is 0 Å². The maximum atomic E-state index is 13.6. The molecule has 0 amide bonds. The van der Waals surface area contributed by atoms with Crippen LogP contribution in [0.2, 0.25) is 0 Å². The number of halogens is 1. The molecule has 0 spiro atoms. The van der Waals surface area contributed by atoms with Gasteiger partial charge < -0.3 is 4.74 Å². The molecule has 1 aromatic carbocycles. The fourth-order valence-corrected chi connectivity index (χ4v) is 1.79. The first-order valence-corrected chi connectivity index (χ1v) is 6.50. The fourth-order valence-electron chi connectivity index (χ4n) is 1.79. The molecule has 0 aromatic heterocycles. The summed E-state index contributed by atoms with van der Waals surface area (Å²) in [4.78, 5) is 0. The molecule has 1 fully saturated rings. The van der Waals surface area contributed by atoms with Crippen molar-refractivity contribution >= 4 is 0 Å². The summed E-state index contributed by atoms with van der Waals surface area (Å²) in [5, 5.41) is 0. The molecule has 1 nitrogen and oxygen atoms in total. The first kappa shape index (κ1) is 12.4. The van der Waals surface area contributed by atoms with Crippen molar-refractivity contribution in [2.75, 3.05) is 6.61 Å². The molecule has 0 bridgehead atoms. The zero-order valence-electron chi connectivity index (χ0n) is 10.9. The highest BCUT2D eigenvalue weighted by molar-refractivity contribution is 5.32. The quantitative estimate of drug-likeness (QED) is 0.737. The number of ether oxygens (including phenoxy) is 1. The van der Waals surface area contributed by atoms with Crippen LogP contribution < -0.4 is 4.74 Å². The Balaban J connectivity index is 2.09. The first-order chi connectivity index (χ1) is 8.08. The van der Waals surface area contributed by atoms with Crippen LogP contribution in [0.25, 0.3) is 0 Å². The molecule has 1 saturated carbocycles. The SMILES string of the molecule is CC(C)C(C)c1ccc(F)c(OCC2CC2)c1. The third kappa shape index (κ3) is 3.21. The average molecular weight is 236 g/mol. The smallest absolute Gasteiger partial charge is 0.165 e. The molecule has 1 aliphatic rings. The monoisotopic (exact) mass is 236 g/mol. The number of rotatable bonds is 5. The van der Waals surface area contributed by atoms with E-state index in [9.17, 15) is 4.39 Å². The van der Waals surface area contributed by atoms with Crippen LogP contribution in [0, 0.1) is 17.7 Å². The lowest BCUT2D eigenvalue weighted by Crippen LogP contribution is -2.05. The Bertz CT molecular complexity index is 383. The molecule has 1 atom stereocenters. The van der Waals surface area contributed by atoms with Gasteiger partial charge in [-0.2, -0.15) is 0 Å². The molecule has 0 saturated heterocycles. The number of benzene rings is 1. The minimum absolute atomic E-state index is 0.245. The van der Waals surface area contributed by atoms with E-state index in [2.05, 4.69) is 20.8 Å². The fraction of sp³-hybridized carbons (Fsp3) is 0.600. The van der Waals surface area contributed by atoms with Crippen LogP contribution in [0.15, 0.2) is 18.2 Å². The van der Waals surface area contributed by atoms with Crippen LogP contribution in [0.5, 0.6) is 5.75 Å². The normalized spacial score (nSPS) is 17.2. The molecule has 1 unspecified atom stereocenters. The summed E-state index contributed by atoms with van der Waals surface area (Å²) in [5.41, 5.74) is 1.16. The lowest BCUT2D eigenvalue weighted by Gasteiger charge is -2.17. The van der Waals surface area contributed by atoms with E-state index in [1.54, 1.807) is 0 Å². The van der Waals surface area contributed by atoms with Crippen molar-refractivity contribution in [3.05, 3.63) is 29.6 Å². The van der Waals surface area contributed by atoms with E-state index >= 15 is 0 Å². The van der Waals surface area contributed by atoms with Gasteiger partial charge in [0.1, 0.15) is 0 Å². The summed E-state index contributed by atoms with van der Waals surface area (Å²) < 4.78 is 19.1. The maximum Gasteiger partial charge on any atom is 0.165 e. The van der Waals surface area contributed by atoms with Gasteiger partial charge in [-0.15, -0.1) is 0 Å². The van der Waals surface area contributed by atoms with Gasteiger partial charge in [0, 0.05) is 0 Å². The Morgan fingerprint density at radius 2 is 2.00 bits per heavy atom. The van der Waals surface area contributed by atoms with Gasteiger partial charge in [-0.3, -0.25) is 0 Å². The van der Waals surface area contributed by atoms with Crippen molar-refractivity contribution in [2.45, 2.75) is 39.5 Å². The number of hydrogen-bond donors (Lipinski definition) is 0. The summed E-state index contributed by atoms with van der Waals surface area (Å²) in [5.74, 6) is 1.81. The molecule has 0 radical (unpaired) electrons. The van der Waals surface area contributed by atoms with Crippen molar-refractivity contribution in [2.24, 2.45) is 11.8 Å². The van der Waals surface area contributed by atoms with E-state index in [-0.39, 0.29) is 5.82 Å². The van der Waals surface area contributed by atoms with E-state index in [4.69, 9.17) is 4.74 Å². The maximum absolute atomic E-state index is 13.6. The Labute approximate surface area is 103 Å². The first-order valence-electron chi connectivity index (χ1n) is 6.50. The van der Waals surface area contributed by atoms with E-state index < -0.39 is 0 Å². The molecule has 1 aromatic rings. The summed E-state index contributed by atoms with van der Waals surface area (Å²) in [6.45, 7) is 7.19. The predicted octanol–water partition coefficient (Wildman–Crippen LogP) is 4.37. The highest BCUT2D eigenvalue weighted by Gasteiger charge is 2.22. The lowest BCUT2D eigenvalue weighted by atomic mass is 9.90. The third-order valence-electron chi connectivity index (χ3n) is 3.65. The second-order valence-corrected chi connectivity index (χ2v) is 5.48. The van der Waals surface area contributed by atoms with Gasteiger partial charge in [-0.25, -0.2) is 4.39 Å². The van der Waals surface area contributed by atoms with Gasteiger partial charge >= 0.3 is 0 Å². The third-order valence-corrected chi connectivity index (χ3v) is 3.65. The summed E-state index contributed by atoms with van der Waals surface area (Å²) in [6, 6.07) is 5.25. The summed E-state index contributed by atoms with van der Waals surface area (Å²) in [6.07, 6.45) is 2.45. The minimum atomic E-state index is -0.245. The molecule has 2 heteroatoms. The lowest BCUT2D eigenvalue weighted by molar-refractivity contribution is 0.284. The van der Waals surface area contributed by atoms with E-state index in [0.717, 1.165) is 5.56 Å². The van der Waals surface area contributed by atoms with Crippen molar-refractivity contribution in [1.82, 2.24) is 0 Å². The van der Waals surface area contributed by atoms with Gasteiger partial charge in [-0.05, 0) is 48.3 Å². The molecule has 17 heavy (non-hydrogen) atoms. The van der Waals surface area contributed by atoms with Crippen molar-refractivity contribution in [3.63, 3.8) is 0 Å². The summed E-state index contributed by atoms with van der Waals surface area (Å²) >= 11 is 0. The van der Waals surface area contributed by atoms with Gasteiger partial charge in [0.15, 0.2) is 11.6 Å². The zero-order valence-corrected chi connectivity index (χ0v) is 10.9. The van der Waals surface area contributed by atoms with Crippen LogP contribution >= 0.6 is 0 Å². The van der Waals surface area contributed by atoms with E-state index in [0.29, 0.717) is 30.1 Å². The van der Waals surface area contributed by atoms with Gasteiger partial charge in [-0.1, -0.05) is 26.8 Å². The molecule has 1 aliphatic carbocycles. The zero-order chi connectivity index (χ0) is 12.4. The van der Waals surface area contributed by atoms with Gasteiger partial charge in [0.25, 0.3) is 0 Å². The second kappa shape index (κ2) is 5.07. The van der Waals surface area contributed by atoms with Crippen molar-refractivity contribution in [3.8, 4) is 5.75 Å². The van der Waals surface area contributed by atoms with E-state index in [1.807, 2.05) is 12.1 Å². The van der Waals surface area contributed by atoms with Gasteiger partial charge in [0.05, 0.1) is 6.61 Å². The Hall–Kier alpha value is -1.05. The Morgan fingerprint density at radius 3 is 2.59 bits per heavy atom. The minimum Gasteiger partial charge on any atom is -0.490 e.